The lowest BCUT2D eigenvalue weighted by molar-refractivity contribution is 0.0566. The van der Waals surface area contributed by atoms with Crippen molar-refractivity contribution >= 4 is 23.3 Å². The Morgan fingerprint density at radius 1 is 1.12 bits per heavy atom. The van der Waals surface area contributed by atoms with Crippen molar-refractivity contribution < 1.29 is 14.3 Å². The van der Waals surface area contributed by atoms with Crippen molar-refractivity contribution in [2.75, 3.05) is 32.8 Å². The lowest BCUT2D eigenvalue weighted by Crippen LogP contribution is -2.50. The molecule has 0 bridgehead atoms. The molecule has 0 N–H and O–H groups in total. The molecule has 0 saturated carbocycles. The minimum atomic E-state index is -0.315. The summed E-state index contributed by atoms with van der Waals surface area (Å²) in [5.74, 6) is -0.0862. The number of carbonyl (C=O) groups is 2. The van der Waals surface area contributed by atoms with E-state index in [9.17, 15) is 9.59 Å². The molecule has 0 aliphatic carbocycles. The average Bonchev–Trinajstić information content (AvgIpc) is 3.12. The summed E-state index contributed by atoms with van der Waals surface area (Å²) in [4.78, 5) is 32.1. The Labute approximate surface area is 144 Å². The molecule has 1 aromatic carbocycles. The van der Waals surface area contributed by atoms with Gasteiger partial charge in [0.15, 0.2) is 0 Å². The highest BCUT2D eigenvalue weighted by atomic mass is 32.1. The first kappa shape index (κ1) is 16.4. The van der Waals surface area contributed by atoms with Gasteiger partial charge in [-0.2, -0.15) is 0 Å². The van der Waals surface area contributed by atoms with Gasteiger partial charge in [-0.25, -0.2) is 9.78 Å². The molecule has 3 rings (SSSR count). The van der Waals surface area contributed by atoms with Gasteiger partial charge in [0.25, 0.3) is 5.91 Å². The Morgan fingerprint density at radius 3 is 2.46 bits per heavy atom. The first-order valence-corrected chi connectivity index (χ1v) is 8.79. The molecule has 6 nitrogen and oxygen atoms in total. The van der Waals surface area contributed by atoms with Gasteiger partial charge in [0.2, 0.25) is 0 Å². The second-order valence-electron chi connectivity index (χ2n) is 5.38. The molecule has 0 radical (unpaired) electrons. The van der Waals surface area contributed by atoms with Gasteiger partial charge in [-0.15, -0.1) is 11.3 Å². The molecule has 1 saturated heterocycles. The molecule has 7 heteroatoms. The van der Waals surface area contributed by atoms with Crippen molar-refractivity contribution in [3.8, 4) is 10.6 Å². The molecule has 1 aliphatic rings. The van der Waals surface area contributed by atoms with Crippen LogP contribution in [0.2, 0.25) is 0 Å². The van der Waals surface area contributed by atoms with Crippen molar-refractivity contribution in [3.63, 3.8) is 0 Å². The van der Waals surface area contributed by atoms with Crippen LogP contribution in [0.1, 0.15) is 17.4 Å². The van der Waals surface area contributed by atoms with E-state index in [1.165, 1.54) is 11.3 Å². The Balaban J connectivity index is 1.62. The van der Waals surface area contributed by atoms with Gasteiger partial charge in [0.05, 0.1) is 6.61 Å². The maximum atomic E-state index is 12.6. The monoisotopic (exact) mass is 345 g/mol. The minimum absolute atomic E-state index is 0.0862. The fourth-order valence-corrected chi connectivity index (χ4v) is 3.35. The van der Waals surface area contributed by atoms with Crippen LogP contribution in [0, 0.1) is 0 Å². The zero-order valence-corrected chi connectivity index (χ0v) is 14.3. The molecule has 24 heavy (non-hydrogen) atoms. The lowest BCUT2D eigenvalue weighted by Gasteiger charge is -2.33. The van der Waals surface area contributed by atoms with Gasteiger partial charge in [-0.05, 0) is 6.92 Å². The summed E-state index contributed by atoms with van der Waals surface area (Å²) < 4.78 is 4.99. The molecule has 0 atom stereocenters. The van der Waals surface area contributed by atoms with Crippen molar-refractivity contribution in [1.29, 1.82) is 0 Å². The number of hydrogen-bond acceptors (Lipinski definition) is 5. The molecule has 1 fully saturated rings. The van der Waals surface area contributed by atoms with E-state index in [2.05, 4.69) is 4.98 Å². The fourth-order valence-electron chi connectivity index (χ4n) is 2.55. The quantitative estimate of drug-likeness (QED) is 0.858. The summed E-state index contributed by atoms with van der Waals surface area (Å²) in [7, 11) is 0. The van der Waals surface area contributed by atoms with Crippen molar-refractivity contribution in [1.82, 2.24) is 14.8 Å². The average molecular weight is 345 g/mol. The third-order valence-corrected chi connectivity index (χ3v) is 4.73. The molecule has 2 aromatic rings. The standard InChI is InChI=1S/C17H19N3O3S/c1-2-23-17(22)20-10-8-19(9-11-20)16(21)14-12-24-15(18-14)13-6-4-3-5-7-13/h3-7,12H,2,8-11H2,1H3. The van der Waals surface area contributed by atoms with Crippen molar-refractivity contribution in [2.24, 2.45) is 0 Å². The fraction of sp³-hybridized carbons (Fsp3) is 0.353. The minimum Gasteiger partial charge on any atom is -0.450 e. The number of thiazole rings is 1. The van der Waals surface area contributed by atoms with Gasteiger partial charge >= 0.3 is 6.09 Å². The number of carbonyl (C=O) groups excluding carboxylic acids is 2. The zero-order valence-electron chi connectivity index (χ0n) is 13.5. The van der Waals surface area contributed by atoms with Gasteiger partial charge in [-0.3, -0.25) is 4.79 Å². The van der Waals surface area contributed by atoms with Crippen LogP contribution in [0.5, 0.6) is 0 Å². The van der Waals surface area contributed by atoms with Crippen LogP contribution in [-0.4, -0.2) is 59.6 Å². The number of rotatable bonds is 3. The van der Waals surface area contributed by atoms with Gasteiger partial charge in [0.1, 0.15) is 10.7 Å². The number of amides is 2. The SMILES string of the molecule is CCOC(=O)N1CCN(C(=O)c2csc(-c3ccccc3)n2)CC1. The molecule has 1 aromatic heterocycles. The van der Waals surface area contributed by atoms with E-state index in [4.69, 9.17) is 4.74 Å². The van der Waals surface area contributed by atoms with Crippen LogP contribution in [0.4, 0.5) is 4.79 Å². The number of ether oxygens (including phenoxy) is 1. The molecule has 2 amide bonds. The molecular weight excluding hydrogens is 326 g/mol. The van der Waals surface area contributed by atoms with Crippen molar-refractivity contribution in [3.05, 3.63) is 41.4 Å². The maximum Gasteiger partial charge on any atom is 0.409 e. The second kappa shape index (κ2) is 7.44. The number of nitrogens with zero attached hydrogens (tertiary/aromatic N) is 3. The molecule has 0 unspecified atom stereocenters. The first-order chi connectivity index (χ1) is 11.7. The van der Waals surface area contributed by atoms with Crippen LogP contribution < -0.4 is 0 Å². The number of aromatic nitrogens is 1. The molecule has 126 valence electrons. The van der Waals surface area contributed by atoms with E-state index in [1.807, 2.05) is 30.3 Å². The summed E-state index contributed by atoms with van der Waals surface area (Å²) in [5, 5.41) is 2.63. The van der Waals surface area contributed by atoms with Gasteiger partial charge < -0.3 is 14.5 Å². The van der Waals surface area contributed by atoms with E-state index < -0.39 is 0 Å². The third-order valence-electron chi connectivity index (χ3n) is 3.84. The van der Waals surface area contributed by atoms with E-state index in [0.29, 0.717) is 38.5 Å². The lowest BCUT2D eigenvalue weighted by atomic mass is 10.2. The van der Waals surface area contributed by atoms with Crippen molar-refractivity contribution in [2.45, 2.75) is 6.92 Å². The predicted molar refractivity (Wildman–Crippen MR) is 92.0 cm³/mol. The second-order valence-corrected chi connectivity index (χ2v) is 6.24. The highest BCUT2D eigenvalue weighted by Gasteiger charge is 2.26. The summed E-state index contributed by atoms with van der Waals surface area (Å²) >= 11 is 1.46. The maximum absolute atomic E-state index is 12.6. The van der Waals surface area contributed by atoms with Gasteiger partial charge in [-0.1, -0.05) is 30.3 Å². The Hall–Kier alpha value is -2.41. The Morgan fingerprint density at radius 2 is 1.79 bits per heavy atom. The Kier molecular flexibility index (Phi) is 5.10. The highest BCUT2D eigenvalue weighted by molar-refractivity contribution is 7.13. The summed E-state index contributed by atoms with van der Waals surface area (Å²) in [6, 6.07) is 9.81. The topological polar surface area (TPSA) is 62.7 Å². The summed E-state index contributed by atoms with van der Waals surface area (Å²) in [5.41, 5.74) is 1.47. The van der Waals surface area contributed by atoms with Gasteiger partial charge in [0, 0.05) is 37.1 Å². The number of benzene rings is 1. The normalized spacial score (nSPS) is 14.5. The predicted octanol–water partition coefficient (Wildman–Crippen LogP) is 2.72. The molecular formula is C17H19N3O3S. The summed E-state index contributed by atoms with van der Waals surface area (Å²) in [6.45, 7) is 4.11. The molecule has 2 heterocycles. The Bertz CT molecular complexity index is 709. The third kappa shape index (κ3) is 3.56. The van der Waals surface area contributed by atoms with E-state index in [-0.39, 0.29) is 12.0 Å². The molecule has 0 spiro atoms. The van der Waals surface area contributed by atoms with Crippen LogP contribution in [0.25, 0.3) is 10.6 Å². The van der Waals surface area contributed by atoms with Crippen LogP contribution in [-0.2, 0) is 4.74 Å². The highest BCUT2D eigenvalue weighted by Crippen LogP contribution is 2.24. The van der Waals surface area contributed by atoms with E-state index in [0.717, 1.165) is 10.6 Å². The largest absolute Gasteiger partial charge is 0.450 e. The van der Waals surface area contributed by atoms with Crippen LogP contribution >= 0.6 is 11.3 Å². The molecule has 1 aliphatic heterocycles. The van der Waals surface area contributed by atoms with E-state index in [1.54, 1.807) is 22.1 Å². The number of hydrogen-bond donors (Lipinski definition) is 0. The zero-order chi connectivity index (χ0) is 16.9. The smallest absolute Gasteiger partial charge is 0.409 e. The number of piperazine rings is 1. The van der Waals surface area contributed by atoms with Crippen LogP contribution in [0.15, 0.2) is 35.7 Å². The van der Waals surface area contributed by atoms with Crippen LogP contribution in [0.3, 0.4) is 0 Å². The summed E-state index contributed by atoms with van der Waals surface area (Å²) in [6.07, 6.45) is -0.315. The first-order valence-electron chi connectivity index (χ1n) is 7.91. The van der Waals surface area contributed by atoms with E-state index >= 15 is 0 Å².